The second-order valence-corrected chi connectivity index (χ2v) is 6.53. The van der Waals surface area contributed by atoms with E-state index in [0.29, 0.717) is 6.54 Å². The summed E-state index contributed by atoms with van der Waals surface area (Å²) in [6, 6.07) is 9.84. The SMILES string of the molecule is CN(Cc1csc(-c2ccccc2)n1)C(=O)c1cnc2nc[nH]n2c1=O. The van der Waals surface area contributed by atoms with Gasteiger partial charge in [0.15, 0.2) is 0 Å². The largest absolute Gasteiger partial charge is 0.336 e. The highest BCUT2D eigenvalue weighted by molar-refractivity contribution is 7.13. The summed E-state index contributed by atoms with van der Waals surface area (Å²) >= 11 is 1.52. The van der Waals surface area contributed by atoms with Gasteiger partial charge >= 0.3 is 0 Å². The molecule has 4 rings (SSSR count). The highest BCUT2D eigenvalue weighted by atomic mass is 32.1. The molecule has 0 bridgehead atoms. The summed E-state index contributed by atoms with van der Waals surface area (Å²) in [5.74, 6) is -0.193. The van der Waals surface area contributed by atoms with Crippen molar-refractivity contribution < 1.29 is 4.79 Å². The van der Waals surface area contributed by atoms with Crippen LogP contribution in [0.3, 0.4) is 0 Å². The molecule has 1 N–H and O–H groups in total. The maximum Gasteiger partial charge on any atom is 0.286 e. The lowest BCUT2D eigenvalue weighted by atomic mass is 10.2. The Bertz CT molecular complexity index is 1130. The lowest BCUT2D eigenvalue weighted by Gasteiger charge is -2.15. The van der Waals surface area contributed by atoms with E-state index in [1.807, 2.05) is 35.7 Å². The molecular weight excluding hydrogens is 352 g/mol. The predicted molar refractivity (Wildman–Crippen MR) is 97.0 cm³/mol. The van der Waals surface area contributed by atoms with E-state index in [1.165, 1.54) is 28.8 Å². The van der Waals surface area contributed by atoms with Crippen molar-refractivity contribution in [3.05, 3.63) is 69.8 Å². The van der Waals surface area contributed by atoms with Gasteiger partial charge in [-0.05, 0) is 0 Å². The number of aromatic nitrogens is 5. The van der Waals surface area contributed by atoms with E-state index in [4.69, 9.17) is 0 Å². The molecule has 0 aliphatic heterocycles. The third-order valence-electron chi connectivity index (χ3n) is 3.86. The van der Waals surface area contributed by atoms with Crippen LogP contribution in [-0.4, -0.2) is 42.4 Å². The molecule has 4 aromatic rings. The first-order valence-corrected chi connectivity index (χ1v) is 8.68. The van der Waals surface area contributed by atoms with Crippen molar-refractivity contribution >= 4 is 23.0 Å². The Morgan fingerprint density at radius 2 is 2.08 bits per heavy atom. The molecule has 3 heterocycles. The fourth-order valence-corrected chi connectivity index (χ4v) is 3.38. The number of nitrogens with zero attached hydrogens (tertiary/aromatic N) is 5. The summed E-state index contributed by atoms with van der Waals surface area (Å²) in [5.41, 5.74) is 1.30. The molecule has 1 aromatic carbocycles. The van der Waals surface area contributed by atoms with Crippen molar-refractivity contribution in [2.75, 3.05) is 7.05 Å². The average Bonchev–Trinajstić information content (AvgIpc) is 3.32. The number of nitrogens with one attached hydrogen (secondary N) is 1. The van der Waals surface area contributed by atoms with E-state index in [2.05, 4.69) is 20.1 Å². The Morgan fingerprint density at radius 3 is 2.88 bits per heavy atom. The van der Waals surface area contributed by atoms with Gasteiger partial charge in [0, 0.05) is 24.2 Å². The minimum absolute atomic E-state index is 0.0206. The van der Waals surface area contributed by atoms with Crippen LogP contribution in [0, 0.1) is 0 Å². The second kappa shape index (κ2) is 6.52. The zero-order valence-electron chi connectivity index (χ0n) is 13.8. The van der Waals surface area contributed by atoms with E-state index >= 15 is 0 Å². The molecule has 0 saturated carbocycles. The van der Waals surface area contributed by atoms with Crippen LogP contribution in [0.4, 0.5) is 0 Å². The zero-order valence-corrected chi connectivity index (χ0v) is 14.6. The third kappa shape index (κ3) is 2.88. The molecule has 0 saturated heterocycles. The van der Waals surface area contributed by atoms with Gasteiger partial charge in [0.05, 0.1) is 12.2 Å². The maximum atomic E-state index is 12.6. The molecule has 8 nitrogen and oxygen atoms in total. The van der Waals surface area contributed by atoms with Gasteiger partial charge in [-0.3, -0.25) is 14.7 Å². The van der Waals surface area contributed by atoms with Crippen LogP contribution < -0.4 is 5.56 Å². The summed E-state index contributed by atoms with van der Waals surface area (Å²) in [7, 11) is 1.63. The number of hydrogen-bond donors (Lipinski definition) is 1. The third-order valence-corrected chi connectivity index (χ3v) is 4.80. The summed E-state index contributed by atoms with van der Waals surface area (Å²) in [6.45, 7) is 0.299. The van der Waals surface area contributed by atoms with E-state index in [0.717, 1.165) is 20.8 Å². The first-order valence-electron chi connectivity index (χ1n) is 7.80. The molecule has 0 fully saturated rings. The normalized spacial score (nSPS) is 11.0. The Morgan fingerprint density at radius 1 is 1.27 bits per heavy atom. The number of aromatic amines is 1. The van der Waals surface area contributed by atoms with Gasteiger partial charge in [-0.25, -0.2) is 15.0 Å². The molecule has 1 amide bonds. The molecule has 130 valence electrons. The molecule has 9 heteroatoms. The molecule has 0 aliphatic carbocycles. The van der Waals surface area contributed by atoms with Crippen molar-refractivity contribution in [1.29, 1.82) is 0 Å². The lowest BCUT2D eigenvalue weighted by molar-refractivity contribution is 0.0781. The smallest absolute Gasteiger partial charge is 0.286 e. The van der Waals surface area contributed by atoms with Gasteiger partial charge in [0.2, 0.25) is 0 Å². The molecule has 0 spiro atoms. The minimum atomic E-state index is -0.479. The summed E-state index contributed by atoms with van der Waals surface area (Å²) < 4.78 is 1.14. The standard InChI is InChI=1S/C17H14N6O2S/c1-22(8-12-9-26-14(21-12)11-5-3-2-4-6-11)15(24)13-7-18-17-19-10-20-23(17)16(13)25/h2-7,9-10H,8H2,1H3,(H,18,19,20). The summed E-state index contributed by atoms with van der Waals surface area (Å²) in [6.07, 6.45) is 2.61. The molecular formula is C17H14N6O2S. The van der Waals surface area contributed by atoms with Gasteiger partial charge in [0.25, 0.3) is 17.2 Å². The van der Waals surface area contributed by atoms with Gasteiger partial charge < -0.3 is 4.90 Å². The van der Waals surface area contributed by atoms with Crippen LogP contribution in [0.1, 0.15) is 16.1 Å². The lowest BCUT2D eigenvalue weighted by Crippen LogP contribution is -2.33. The Balaban J connectivity index is 1.55. The number of hydrogen-bond acceptors (Lipinski definition) is 6. The minimum Gasteiger partial charge on any atom is -0.336 e. The zero-order chi connectivity index (χ0) is 18.1. The molecule has 26 heavy (non-hydrogen) atoms. The van der Waals surface area contributed by atoms with Gasteiger partial charge in [0.1, 0.15) is 16.9 Å². The van der Waals surface area contributed by atoms with Crippen molar-refractivity contribution in [3.63, 3.8) is 0 Å². The number of carbonyl (C=O) groups excluding carboxylic acids is 1. The predicted octanol–water partition coefficient (Wildman–Crippen LogP) is 1.81. The Hall–Kier alpha value is -3.33. The van der Waals surface area contributed by atoms with Crippen LogP contribution in [-0.2, 0) is 6.54 Å². The highest BCUT2D eigenvalue weighted by Crippen LogP contribution is 2.23. The molecule has 0 radical (unpaired) electrons. The average molecular weight is 366 g/mol. The fraction of sp³-hybridized carbons (Fsp3) is 0.118. The number of rotatable bonds is 4. The molecule has 0 atom stereocenters. The van der Waals surface area contributed by atoms with E-state index in [1.54, 1.807) is 7.05 Å². The molecule has 3 aromatic heterocycles. The second-order valence-electron chi connectivity index (χ2n) is 5.67. The number of carbonyl (C=O) groups is 1. The van der Waals surface area contributed by atoms with E-state index in [9.17, 15) is 9.59 Å². The van der Waals surface area contributed by atoms with Crippen LogP contribution in [0.15, 0.2) is 53.0 Å². The Kier molecular flexibility index (Phi) is 4.05. The summed E-state index contributed by atoms with van der Waals surface area (Å²) in [5, 5.41) is 5.45. The number of H-pyrrole nitrogens is 1. The number of benzene rings is 1. The molecule has 0 unspecified atom stereocenters. The first kappa shape index (κ1) is 16.2. The van der Waals surface area contributed by atoms with Gasteiger partial charge in [-0.15, -0.1) is 11.3 Å². The van der Waals surface area contributed by atoms with Crippen molar-refractivity contribution in [2.45, 2.75) is 6.54 Å². The number of amides is 1. The number of thiazole rings is 1. The maximum absolute atomic E-state index is 12.6. The quantitative estimate of drug-likeness (QED) is 0.594. The van der Waals surface area contributed by atoms with Crippen molar-refractivity contribution in [1.82, 2.24) is 29.5 Å². The van der Waals surface area contributed by atoms with Crippen LogP contribution in [0.5, 0.6) is 0 Å². The van der Waals surface area contributed by atoms with Crippen molar-refractivity contribution in [3.8, 4) is 10.6 Å². The summed E-state index contributed by atoms with van der Waals surface area (Å²) in [4.78, 5) is 38.9. The van der Waals surface area contributed by atoms with Crippen molar-refractivity contribution in [2.24, 2.45) is 0 Å². The monoisotopic (exact) mass is 366 g/mol. The van der Waals surface area contributed by atoms with Crippen LogP contribution in [0.25, 0.3) is 16.3 Å². The Labute approximate surface area is 151 Å². The number of fused-ring (bicyclic) bond motifs is 1. The van der Waals surface area contributed by atoms with Crippen LogP contribution in [0.2, 0.25) is 0 Å². The topological polar surface area (TPSA) is 96.2 Å². The van der Waals surface area contributed by atoms with Gasteiger partial charge in [-0.2, -0.15) is 4.52 Å². The van der Waals surface area contributed by atoms with Crippen LogP contribution >= 0.6 is 11.3 Å². The van der Waals surface area contributed by atoms with E-state index in [-0.39, 0.29) is 11.3 Å². The fourth-order valence-electron chi connectivity index (χ4n) is 2.56. The molecule has 0 aliphatic rings. The van der Waals surface area contributed by atoms with E-state index < -0.39 is 11.5 Å². The van der Waals surface area contributed by atoms with Gasteiger partial charge in [-0.1, -0.05) is 30.3 Å². The first-order chi connectivity index (χ1) is 12.6. The highest BCUT2D eigenvalue weighted by Gasteiger charge is 2.19.